The zero-order valence-corrected chi connectivity index (χ0v) is 8.06. The predicted octanol–water partition coefficient (Wildman–Crippen LogP) is -3.26. The van der Waals surface area contributed by atoms with Gasteiger partial charge < -0.3 is 12.1 Å². The van der Waals surface area contributed by atoms with Crippen molar-refractivity contribution >= 4 is 6.03 Å². The van der Waals surface area contributed by atoms with Crippen LogP contribution in [0.1, 0.15) is 1.43 Å². The van der Waals surface area contributed by atoms with E-state index in [1.807, 2.05) is 0 Å². The summed E-state index contributed by atoms with van der Waals surface area (Å²) < 4.78 is 0. The van der Waals surface area contributed by atoms with Crippen LogP contribution >= 0.6 is 0 Å². The van der Waals surface area contributed by atoms with Gasteiger partial charge in [-0.2, -0.15) is 0 Å². The number of urea groups is 1. The molecule has 0 aliphatic carbocycles. The van der Waals surface area contributed by atoms with Gasteiger partial charge >= 0.3 is 57.4 Å². The van der Waals surface area contributed by atoms with Crippen molar-refractivity contribution in [2.75, 3.05) is 14.1 Å². The Balaban J connectivity index is -0.000000125. The second kappa shape index (κ2) is 5.05. The van der Waals surface area contributed by atoms with E-state index < -0.39 is 6.03 Å². The van der Waals surface area contributed by atoms with E-state index in [1.54, 1.807) is 14.1 Å². The molecule has 0 radical (unpaired) electrons. The average molecular weight is 128 g/mol. The van der Waals surface area contributed by atoms with Gasteiger partial charge in [-0.1, -0.05) is 0 Å². The maximum Gasteiger partial charge on any atom is 1.00 e. The fourth-order valence-electron chi connectivity index (χ4n) is 0. The van der Waals surface area contributed by atoms with Crippen LogP contribution in [0.25, 0.3) is 0 Å². The van der Waals surface area contributed by atoms with E-state index in [-0.39, 0.29) is 52.8 Å². The Morgan fingerprint density at radius 3 is 1.86 bits per heavy atom. The molecule has 0 saturated carbocycles. The van der Waals surface area contributed by atoms with Crippen molar-refractivity contribution in [2.45, 2.75) is 0 Å². The normalized spacial score (nSPS) is 6.57. The molecule has 0 aromatic carbocycles. The van der Waals surface area contributed by atoms with Crippen molar-refractivity contribution in [3.8, 4) is 0 Å². The summed E-state index contributed by atoms with van der Waals surface area (Å²) in [4.78, 5) is 11.2. The first-order chi connectivity index (χ1) is 2.64. The number of amides is 2. The Hall–Kier alpha value is 0.906. The molecule has 38 valence electrons. The van der Waals surface area contributed by atoms with Gasteiger partial charge in [0.2, 0.25) is 0 Å². The van der Waals surface area contributed by atoms with Gasteiger partial charge in [-0.05, 0) is 0 Å². The van der Waals surface area contributed by atoms with Crippen molar-refractivity contribution < 1.29 is 57.6 Å². The molecule has 0 aliphatic heterocycles. The van der Waals surface area contributed by atoms with Gasteiger partial charge in [0.15, 0.2) is 0 Å². The monoisotopic (exact) mass is 128 g/mol. The van der Waals surface area contributed by atoms with Gasteiger partial charge in [0.05, 0.1) is 0 Å². The van der Waals surface area contributed by atoms with Crippen LogP contribution in [-0.2, 0) is 0 Å². The minimum Gasteiger partial charge on any atom is -1.00 e. The molecule has 0 rings (SSSR count). The molecule has 2 amide bonds. The smallest absolute Gasteiger partial charge is 1.00 e. The van der Waals surface area contributed by atoms with Gasteiger partial charge in [0.1, 0.15) is 0 Å². The molecule has 0 saturated heterocycles. The van der Waals surface area contributed by atoms with Crippen molar-refractivity contribution in [1.82, 2.24) is 4.90 Å². The van der Waals surface area contributed by atoms with Crippen LogP contribution in [0.5, 0.6) is 0 Å². The first kappa shape index (κ1) is 10.8. The van der Waals surface area contributed by atoms with E-state index >= 15 is 0 Å². The van der Waals surface area contributed by atoms with Crippen molar-refractivity contribution in [2.24, 2.45) is 5.73 Å². The molecule has 0 spiro atoms. The fraction of sp³-hybridized carbons (Fsp3) is 0.667. The molecule has 7 heavy (non-hydrogen) atoms. The third kappa shape index (κ3) is 6.91. The fourth-order valence-corrected chi connectivity index (χ4v) is 0. The number of carbonyl (C=O) groups is 1. The number of primary amides is 1. The van der Waals surface area contributed by atoms with E-state index in [0.717, 1.165) is 0 Å². The van der Waals surface area contributed by atoms with Crippen LogP contribution in [0.3, 0.4) is 0 Å². The SMILES string of the molecule is CN(C)C(N)=O.[H-].[K+]. The van der Waals surface area contributed by atoms with Crippen LogP contribution in [-0.4, -0.2) is 25.0 Å². The summed E-state index contributed by atoms with van der Waals surface area (Å²) in [6.07, 6.45) is 0. The molecule has 2 N–H and O–H groups in total. The molecule has 0 unspecified atom stereocenters. The number of hydrogen-bond donors (Lipinski definition) is 1. The van der Waals surface area contributed by atoms with Crippen molar-refractivity contribution in [1.29, 1.82) is 0 Å². The van der Waals surface area contributed by atoms with Crippen LogP contribution in [0.2, 0.25) is 0 Å². The van der Waals surface area contributed by atoms with Gasteiger partial charge in [-0.25, -0.2) is 4.79 Å². The van der Waals surface area contributed by atoms with E-state index in [9.17, 15) is 4.79 Å². The Bertz CT molecular complexity index is 68.3. The molecule has 0 fully saturated rings. The molecular weight excluding hydrogens is 119 g/mol. The largest absolute Gasteiger partial charge is 1.00 e. The number of nitrogens with two attached hydrogens (primary N) is 1. The first-order valence-electron chi connectivity index (χ1n) is 1.61. The summed E-state index contributed by atoms with van der Waals surface area (Å²) in [6.45, 7) is 0. The van der Waals surface area contributed by atoms with Gasteiger partial charge in [-0.3, -0.25) is 0 Å². The molecule has 0 bridgehead atoms. The zero-order valence-electron chi connectivity index (χ0n) is 5.93. The Labute approximate surface area is 87.1 Å². The number of carbonyl (C=O) groups excluding carboxylic acids is 1. The Morgan fingerprint density at radius 1 is 1.71 bits per heavy atom. The third-order valence-electron chi connectivity index (χ3n) is 0.441. The summed E-state index contributed by atoms with van der Waals surface area (Å²) in [5, 5.41) is 0. The zero-order chi connectivity index (χ0) is 5.15. The van der Waals surface area contributed by atoms with Crippen LogP contribution < -0.4 is 57.1 Å². The van der Waals surface area contributed by atoms with Crippen molar-refractivity contribution in [3.05, 3.63) is 0 Å². The number of rotatable bonds is 0. The van der Waals surface area contributed by atoms with E-state index in [1.165, 1.54) is 4.90 Å². The molecule has 0 aromatic heterocycles. The minimum atomic E-state index is -0.407. The van der Waals surface area contributed by atoms with Gasteiger partial charge in [-0.15, -0.1) is 0 Å². The molecular formula is C3H9KN2O. The predicted molar refractivity (Wildman–Crippen MR) is 24.4 cm³/mol. The summed E-state index contributed by atoms with van der Waals surface area (Å²) in [7, 11) is 3.20. The molecule has 4 heteroatoms. The van der Waals surface area contributed by atoms with E-state index in [2.05, 4.69) is 0 Å². The summed E-state index contributed by atoms with van der Waals surface area (Å²) in [5.41, 5.74) is 4.72. The van der Waals surface area contributed by atoms with Crippen LogP contribution in [0.15, 0.2) is 0 Å². The number of nitrogens with zero attached hydrogens (tertiary/aromatic N) is 1. The summed E-state index contributed by atoms with van der Waals surface area (Å²) >= 11 is 0. The van der Waals surface area contributed by atoms with Crippen molar-refractivity contribution in [3.63, 3.8) is 0 Å². The van der Waals surface area contributed by atoms with Crippen LogP contribution in [0, 0.1) is 0 Å². The standard InChI is InChI=1S/C3H8N2O.K.H/c1-5(2)3(4)6;;/h1-2H3,(H2,4,6);;/q;+1;-1. The Kier molecular flexibility index (Phi) is 7.80. The van der Waals surface area contributed by atoms with E-state index in [0.29, 0.717) is 0 Å². The average Bonchev–Trinajstić information content (AvgIpc) is 1.36. The van der Waals surface area contributed by atoms with Gasteiger partial charge in [0, 0.05) is 14.1 Å². The van der Waals surface area contributed by atoms with E-state index in [4.69, 9.17) is 5.73 Å². The van der Waals surface area contributed by atoms with Gasteiger partial charge in [0.25, 0.3) is 0 Å². The topological polar surface area (TPSA) is 46.3 Å². The second-order valence-electron chi connectivity index (χ2n) is 1.23. The third-order valence-corrected chi connectivity index (χ3v) is 0.441. The maximum absolute atomic E-state index is 9.85. The maximum atomic E-state index is 9.85. The first-order valence-corrected chi connectivity index (χ1v) is 1.61. The summed E-state index contributed by atoms with van der Waals surface area (Å²) in [5.74, 6) is 0. The quantitative estimate of drug-likeness (QED) is 0.342. The number of hydrogen-bond acceptors (Lipinski definition) is 1. The Morgan fingerprint density at radius 2 is 1.86 bits per heavy atom. The molecule has 3 nitrogen and oxygen atoms in total. The molecule has 0 aliphatic rings. The molecule has 0 heterocycles. The second-order valence-corrected chi connectivity index (χ2v) is 1.23. The summed E-state index contributed by atoms with van der Waals surface area (Å²) in [6, 6.07) is -0.407. The molecule has 0 aromatic rings. The minimum absolute atomic E-state index is 0. The van der Waals surface area contributed by atoms with Crippen LogP contribution in [0.4, 0.5) is 4.79 Å². The molecule has 0 atom stereocenters.